The van der Waals surface area contributed by atoms with E-state index in [2.05, 4.69) is 10.6 Å². The molecule has 2 aromatic rings. The molecule has 0 aliphatic carbocycles. The number of hydrogen-bond acceptors (Lipinski definition) is 4. The summed E-state index contributed by atoms with van der Waals surface area (Å²) in [5.74, 6) is -0.360. The molecule has 0 saturated carbocycles. The summed E-state index contributed by atoms with van der Waals surface area (Å²) in [4.78, 5) is 24.4. The smallest absolute Gasteiger partial charge is 0.291 e. The molecule has 0 unspecified atom stereocenters. The van der Waals surface area contributed by atoms with Gasteiger partial charge in [0, 0.05) is 24.9 Å². The number of hydrogen-bond donors (Lipinski definition) is 2. The molecule has 0 aliphatic rings. The van der Waals surface area contributed by atoms with Crippen molar-refractivity contribution in [3.63, 3.8) is 0 Å². The van der Waals surface area contributed by atoms with E-state index in [-0.39, 0.29) is 23.2 Å². The highest BCUT2D eigenvalue weighted by Gasteiger charge is 2.26. The molecule has 2 N–H and O–H groups in total. The number of methoxy groups -OCH3 is 1. The first-order valence-corrected chi connectivity index (χ1v) is 8.32. The number of ether oxygens (including phenoxy) is 1. The maximum Gasteiger partial charge on any atom is 0.291 e. The van der Waals surface area contributed by atoms with Gasteiger partial charge in [-0.2, -0.15) is 0 Å². The number of rotatable bonds is 8. The van der Waals surface area contributed by atoms with E-state index < -0.39 is 0 Å². The van der Waals surface area contributed by atoms with Gasteiger partial charge < -0.3 is 19.8 Å². The van der Waals surface area contributed by atoms with Gasteiger partial charge in [-0.1, -0.05) is 19.9 Å². The highest BCUT2D eigenvalue weighted by molar-refractivity contribution is 6.03. The summed E-state index contributed by atoms with van der Waals surface area (Å²) < 4.78 is 10.6. The van der Waals surface area contributed by atoms with Crippen LogP contribution in [0.5, 0.6) is 0 Å². The number of furan rings is 1. The maximum atomic E-state index is 12.4. The van der Waals surface area contributed by atoms with Crippen LogP contribution in [0, 0.1) is 0 Å². The second-order valence-corrected chi connectivity index (χ2v) is 5.79. The molecule has 0 aliphatic heterocycles. The Labute approximate surface area is 147 Å². The number of amides is 2. The zero-order valence-electron chi connectivity index (χ0n) is 14.8. The molecule has 1 aromatic carbocycles. The van der Waals surface area contributed by atoms with Gasteiger partial charge in [-0.25, -0.2) is 0 Å². The molecular weight excluding hydrogens is 320 g/mol. The van der Waals surface area contributed by atoms with E-state index in [0.29, 0.717) is 17.8 Å². The first-order valence-electron chi connectivity index (χ1n) is 8.32. The fraction of sp³-hybridized carbons (Fsp3) is 0.368. The maximum absolute atomic E-state index is 12.4. The highest BCUT2D eigenvalue weighted by atomic mass is 16.5. The molecule has 0 spiro atoms. The van der Waals surface area contributed by atoms with Gasteiger partial charge in [0.25, 0.3) is 11.8 Å². The molecule has 6 nitrogen and oxygen atoms in total. The van der Waals surface area contributed by atoms with Crippen molar-refractivity contribution in [1.82, 2.24) is 5.32 Å². The fourth-order valence-electron chi connectivity index (χ4n) is 2.54. The van der Waals surface area contributed by atoms with Gasteiger partial charge in [-0.05, 0) is 43.2 Å². The zero-order valence-corrected chi connectivity index (χ0v) is 14.8. The van der Waals surface area contributed by atoms with Crippen molar-refractivity contribution < 1.29 is 18.7 Å². The van der Waals surface area contributed by atoms with Crippen molar-refractivity contribution >= 4 is 17.5 Å². The van der Waals surface area contributed by atoms with Crippen LogP contribution in [-0.2, 0) is 4.74 Å². The third kappa shape index (κ3) is 4.70. The lowest BCUT2D eigenvalue weighted by atomic mass is 9.97. The molecule has 25 heavy (non-hydrogen) atoms. The predicted molar refractivity (Wildman–Crippen MR) is 95.8 cm³/mol. The zero-order chi connectivity index (χ0) is 18.3. The first-order chi connectivity index (χ1) is 12.0. The lowest BCUT2D eigenvalue weighted by Gasteiger charge is -2.30. The molecule has 0 atom stereocenters. The fourth-order valence-corrected chi connectivity index (χ4v) is 2.54. The normalized spacial score (nSPS) is 11.2. The average molecular weight is 344 g/mol. The van der Waals surface area contributed by atoms with Crippen molar-refractivity contribution in [2.24, 2.45) is 0 Å². The summed E-state index contributed by atoms with van der Waals surface area (Å²) in [6, 6.07) is 9.98. The lowest BCUT2D eigenvalue weighted by molar-refractivity contribution is -0.0147. The van der Waals surface area contributed by atoms with E-state index in [1.165, 1.54) is 6.26 Å². The van der Waals surface area contributed by atoms with E-state index in [1.807, 2.05) is 13.8 Å². The Kier molecular flexibility index (Phi) is 6.36. The van der Waals surface area contributed by atoms with Gasteiger partial charge in [0.05, 0.1) is 11.9 Å². The molecule has 2 rings (SSSR count). The molecule has 0 fully saturated rings. The molecule has 1 aromatic heterocycles. The Morgan fingerprint density at radius 1 is 1.12 bits per heavy atom. The van der Waals surface area contributed by atoms with E-state index in [0.717, 1.165) is 12.8 Å². The van der Waals surface area contributed by atoms with Crippen LogP contribution in [0.3, 0.4) is 0 Å². The summed E-state index contributed by atoms with van der Waals surface area (Å²) in [6.45, 7) is 4.49. The third-order valence-electron chi connectivity index (χ3n) is 4.42. The topological polar surface area (TPSA) is 80.6 Å². The molecular formula is C19H24N2O4. The Hall–Kier alpha value is -2.60. The van der Waals surface area contributed by atoms with Crippen molar-refractivity contribution in [3.05, 3.63) is 54.0 Å². The van der Waals surface area contributed by atoms with Crippen molar-refractivity contribution in [2.75, 3.05) is 19.0 Å². The second-order valence-electron chi connectivity index (χ2n) is 5.79. The molecule has 6 heteroatoms. The quantitative estimate of drug-likeness (QED) is 0.768. The molecule has 134 valence electrons. The highest BCUT2D eigenvalue weighted by Crippen LogP contribution is 2.19. The van der Waals surface area contributed by atoms with Crippen LogP contribution >= 0.6 is 0 Å². The first kappa shape index (κ1) is 18.7. The Morgan fingerprint density at radius 3 is 2.48 bits per heavy atom. The molecule has 0 saturated heterocycles. The molecule has 0 radical (unpaired) electrons. The third-order valence-corrected chi connectivity index (χ3v) is 4.42. The standard InChI is InChI=1S/C19H24N2O4/c1-4-19(5-2,24-3)13-20-17(22)14-8-6-9-15(12-14)21-18(23)16-10-7-11-25-16/h6-12H,4-5,13H2,1-3H3,(H,20,22)(H,21,23). The molecule has 2 amide bonds. The van der Waals surface area contributed by atoms with Crippen molar-refractivity contribution in [3.8, 4) is 0 Å². The number of carbonyl (C=O) groups excluding carboxylic acids is 2. The summed E-state index contributed by atoms with van der Waals surface area (Å²) in [7, 11) is 1.66. The van der Waals surface area contributed by atoms with Crippen LogP contribution in [0.25, 0.3) is 0 Å². The van der Waals surface area contributed by atoms with Gasteiger partial charge in [-0.15, -0.1) is 0 Å². The number of benzene rings is 1. The summed E-state index contributed by atoms with van der Waals surface area (Å²) in [5.41, 5.74) is 0.633. The average Bonchev–Trinajstić information content (AvgIpc) is 3.18. The second kappa shape index (κ2) is 8.48. The van der Waals surface area contributed by atoms with Crippen LogP contribution < -0.4 is 10.6 Å². The number of nitrogens with one attached hydrogen (secondary N) is 2. The van der Waals surface area contributed by atoms with Crippen LogP contribution in [0.15, 0.2) is 47.1 Å². The minimum atomic E-state index is -0.363. The van der Waals surface area contributed by atoms with Crippen LogP contribution in [0.2, 0.25) is 0 Å². The van der Waals surface area contributed by atoms with E-state index >= 15 is 0 Å². The lowest BCUT2D eigenvalue weighted by Crippen LogP contribution is -2.43. The van der Waals surface area contributed by atoms with Gasteiger partial charge >= 0.3 is 0 Å². The monoisotopic (exact) mass is 344 g/mol. The summed E-state index contributed by atoms with van der Waals surface area (Å²) >= 11 is 0. The number of anilines is 1. The minimum Gasteiger partial charge on any atom is -0.459 e. The van der Waals surface area contributed by atoms with E-state index in [1.54, 1.807) is 43.5 Å². The van der Waals surface area contributed by atoms with Crippen LogP contribution in [0.1, 0.15) is 47.6 Å². The van der Waals surface area contributed by atoms with E-state index in [4.69, 9.17) is 9.15 Å². The molecule has 1 heterocycles. The Balaban J connectivity index is 2.02. The SMILES string of the molecule is CCC(CC)(CNC(=O)c1cccc(NC(=O)c2ccco2)c1)OC. The van der Waals surface area contributed by atoms with Crippen LogP contribution in [0.4, 0.5) is 5.69 Å². The minimum absolute atomic E-state index is 0.211. The Morgan fingerprint density at radius 2 is 1.88 bits per heavy atom. The van der Waals surface area contributed by atoms with Gasteiger partial charge in [0.2, 0.25) is 0 Å². The van der Waals surface area contributed by atoms with Crippen molar-refractivity contribution in [1.29, 1.82) is 0 Å². The largest absolute Gasteiger partial charge is 0.459 e. The Bertz CT molecular complexity index is 698. The predicted octanol–water partition coefficient (Wildman–Crippen LogP) is 3.47. The molecule has 0 bridgehead atoms. The summed E-state index contributed by atoms with van der Waals surface area (Å²) in [6.07, 6.45) is 3.04. The van der Waals surface area contributed by atoms with Gasteiger partial charge in [-0.3, -0.25) is 9.59 Å². The van der Waals surface area contributed by atoms with Gasteiger partial charge in [0.15, 0.2) is 5.76 Å². The van der Waals surface area contributed by atoms with Crippen LogP contribution in [-0.4, -0.2) is 31.1 Å². The van der Waals surface area contributed by atoms with E-state index in [9.17, 15) is 9.59 Å². The van der Waals surface area contributed by atoms with Crippen molar-refractivity contribution in [2.45, 2.75) is 32.3 Å². The summed E-state index contributed by atoms with van der Waals surface area (Å²) in [5, 5.41) is 5.61. The number of carbonyl (C=O) groups is 2. The van der Waals surface area contributed by atoms with Gasteiger partial charge in [0.1, 0.15) is 0 Å².